The van der Waals surface area contributed by atoms with Crippen molar-refractivity contribution in [3.63, 3.8) is 0 Å². The Hall–Kier alpha value is -1.57. The van der Waals surface area contributed by atoms with Gasteiger partial charge in [0, 0.05) is 0 Å². The molecule has 14 heavy (non-hydrogen) atoms. The summed E-state index contributed by atoms with van der Waals surface area (Å²) >= 11 is 0. The van der Waals surface area contributed by atoms with E-state index in [1.807, 2.05) is 6.07 Å². The van der Waals surface area contributed by atoms with Gasteiger partial charge in [0.15, 0.2) is 0 Å². The van der Waals surface area contributed by atoms with E-state index in [-0.39, 0.29) is 0 Å². The fourth-order valence-electron chi connectivity index (χ4n) is 0.792. The van der Waals surface area contributed by atoms with E-state index in [4.69, 9.17) is 11.0 Å². The van der Waals surface area contributed by atoms with Gasteiger partial charge in [-0.05, 0) is 20.3 Å². The van der Waals surface area contributed by atoms with Gasteiger partial charge in [-0.3, -0.25) is 9.59 Å². The maximum Gasteiger partial charge on any atom is 0.242 e. The van der Waals surface area contributed by atoms with Gasteiger partial charge in [-0.2, -0.15) is 5.26 Å². The Morgan fingerprint density at radius 1 is 1.57 bits per heavy atom. The van der Waals surface area contributed by atoms with Crippen LogP contribution in [0.15, 0.2) is 0 Å². The van der Waals surface area contributed by atoms with E-state index in [9.17, 15) is 9.59 Å². The number of nitriles is 1. The van der Waals surface area contributed by atoms with Crippen LogP contribution in [0.5, 0.6) is 0 Å². The molecule has 1 atom stereocenters. The van der Waals surface area contributed by atoms with Gasteiger partial charge in [0.05, 0.1) is 6.07 Å². The first-order valence-corrected chi connectivity index (χ1v) is 4.36. The average molecular weight is 197 g/mol. The van der Waals surface area contributed by atoms with Crippen molar-refractivity contribution in [1.82, 2.24) is 5.32 Å². The van der Waals surface area contributed by atoms with Crippen molar-refractivity contribution in [3.05, 3.63) is 0 Å². The second-order valence-electron chi connectivity index (χ2n) is 3.57. The lowest BCUT2D eigenvalue weighted by Gasteiger charge is -2.23. The summed E-state index contributed by atoms with van der Waals surface area (Å²) in [7, 11) is 0. The first-order chi connectivity index (χ1) is 6.35. The molecule has 0 spiro atoms. The molecule has 5 nitrogen and oxygen atoms in total. The van der Waals surface area contributed by atoms with Gasteiger partial charge in [-0.25, -0.2) is 0 Å². The zero-order valence-corrected chi connectivity index (χ0v) is 8.63. The Morgan fingerprint density at radius 2 is 2.07 bits per heavy atom. The topological polar surface area (TPSA) is 96.0 Å². The molecular formula is C9H15N3O2. The molecule has 0 aromatic carbocycles. The smallest absolute Gasteiger partial charge is 0.242 e. The summed E-state index contributed by atoms with van der Waals surface area (Å²) in [6.07, 6.45) is 0.414. The van der Waals surface area contributed by atoms with Crippen LogP contribution in [-0.2, 0) is 9.59 Å². The van der Waals surface area contributed by atoms with Crippen LogP contribution < -0.4 is 11.1 Å². The molecule has 0 rings (SSSR count). The number of carbonyl (C=O) groups excluding carboxylic acids is 2. The summed E-state index contributed by atoms with van der Waals surface area (Å²) in [6.45, 7) is 4.72. The van der Waals surface area contributed by atoms with Crippen LogP contribution in [0.3, 0.4) is 0 Å². The number of nitrogens with one attached hydrogen (secondary N) is 1. The van der Waals surface area contributed by atoms with E-state index in [0.717, 1.165) is 0 Å². The zero-order valence-electron chi connectivity index (χ0n) is 8.63. The van der Waals surface area contributed by atoms with Crippen molar-refractivity contribution in [2.75, 3.05) is 0 Å². The third kappa shape index (κ3) is 3.05. The molecule has 3 N–H and O–H groups in total. The van der Waals surface area contributed by atoms with Crippen LogP contribution in [0, 0.1) is 17.2 Å². The standard InChI is InChI=1S/C9H15N3O2/c1-4-6(5-10)7(13)12-9(2,3)8(11)14/h6H,4H2,1-3H3,(H2,11,14)(H,12,13). The monoisotopic (exact) mass is 197 g/mol. The highest BCUT2D eigenvalue weighted by Crippen LogP contribution is 2.06. The van der Waals surface area contributed by atoms with Crippen LogP contribution >= 0.6 is 0 Å². The Bertz CT molecular complexity index is 278. The minimum absolute atomic E-state index is 0.414. The molecule has 0 aromatic heterocycles. The number of hydrogen-bond acceptors (Lipinski definition) is 3. The third-order valence-electron chi connectivity index (χ3n) is 1.93. The third-order valence-corrected chi connectivity index (χ3v) is 1.93. The Morgan fingerprint density at radius 3 is 2.36 bits per heavy atom. The number of nitrogens with zero attached hydrogens (tertiary/aromatic N) is 1. The second-order valence-corrected chi connectivity index (χ2v) is 3.57. The van der Waals surface area contributed by atoms with Crippen LogP contribution in [0.4, 0.5) is 0 Å². The van der Waals surface area contributed by atoms with Crippen molar-refractivity contribution >= 4 is 11.8 Å². The van der Waals surface area contributed by atoms with Crippen molar-refractivity contribution in [1.29, 1.82) is 5.26 Å². The van der Waals surface area contributed by atoms with Gasteiger partial charge >= 0.3 is 0 Å². The van der Waals surface area contributed by atoms with E-state index in [1.54, 1.807) is 6.92 Å². The number of amides is 2. The fourth-order valence-corrected chi connectivity index (χ4v) is 0.792. The highest BCUT2D eigenvalue weighted by atomic mass is 16.2. The Kier molecular flexibility index (Phi) is 4.09. The summed E-state index contributed by atoms with van der Waals surface area (Å²) in [4.78, 5) is 22.3. The molecule has 0 radical (unpaired) electrons. The summed E-state index contributed by atoms with van der Waals surface area (Å²) in [5.74, 6) is -1.81. The normalized spacial score (nSPS) is 12.7. The second kappa shape index (κ2) is 4.61. The number of carbonyl (C=O) groups is 2. The van der Waals surface area contributed by atoms with Crippen molar-refractivity contribution in [2.45, 2.75) is 32.7 Å². The molecule has 0 saturated carbocycles. The van der Waals surface area contributed by atoms with Crippen LogP contribution in [0.2, 0.25) is 0 Å². The largest absolute Gasteiger partial charge is 0.368 e. The van der Waals surface area contributed by atoms with Crippen molar-refractivity contribution in [2.24, 2.45) is 11.7 Å². The number of rotatable bonds is 4. The molecule has 1 unspecified atom stereocenters. The van der Waals surface area contributed by atoms with Crippen LogP contribution in [0.25, 0.3) is 0 Å². The van der Waals surface area contributed by atoms with E-state index in [0.29, 0.717) is 6.42 Å². The summed E-state index contributed by atoms with van der Waals surface area (Å²) in [5, 5.41) is 11.0. The summed E-state index contributed by atoms with van der Waals surface area (Å²) in [6, 6.07) is 1.85. The van der Waals surface area contributed by atoms with Gasteiger partial charge in [0.25, 0.3) is 0 Å². The lowest BCUT2D eigenvalue weighted by Crippen LogP contribution is -2.54. The first kappa shape index (κ1) is 12.4. The minimum atomic E-state index is -1.11. The molecule has 0 aliphatic rings. The Balaban J connectivity index is 4.48. The fraction of sp³-hybridized carbons (Fsp3) is 0.667. The lowest BCUT2D eigenvalue weighted by atomic mass is 10.0. The van der Waals surface area contributed by atoms with Crippen molar-refractivity contribution < 1.29 is 9.59 Å². The minimum Gasteiger partial charge on any atom is -0.368 e. The molecule has 2 amide bonds. The molecule has 0 saturated heterocycles. The molecule has 0 bridgehead atoms. The van der Waals surface area contributed by atoms with Crippen LogP contribution in [0.1, 0.15) is 27.2 Å². The number of hydrogen-bond donors (Lipinski definition) is 2. The molecule has 0 fully saturated rings. The molecule has 0 aliphatic carbocycles. The highest BCUT2D eigenvalue weighted by Gasteiger charge is 2.29. The maximum atomic E-state index is 11.4. The van der Waals surface area contributed by atoms with Gasteiger partial charge in [-0.15, -0.1) is 0 Å². The molecular weight excluding hydrogens is 182 g/mol. The van der Waals surface area contributed by atoms with Gasteiger partial charge in [0.1, 0.15) is 11.5 Å². The SMILES string of the molecule is CCC(C#N)C(=O)NC(C)(C)C(N)=O. The van der Waals surface area contributed by atoms with E-state index >= 15 is 0 Å². The molecule has 0 heterocycles. The number of nitrogens with two attached hydrogens (primary N) is 1. The van der Waals surface area contributed by atoms with Gasteiger partial charge < -0.3 is 11.1 Å². The predicted octanol–water partition coefficient (Wildman–Crippen LogP) is -0.0837. The van der Waals surface area contributed by atoms with Crippen molar-refractivity contribution in [3.8, 4) is 6.07 Å². The first-order valence-electron chi connectivity index (χ1n) is 4.36. The zero-order chi connectivity index (χ0) is 11.4. The maximum absolute atomic E-state index is 11.4. The van der Waals surface area contributed by atoms with Gasteiger partial charge in [-0.1, -0.05) is 6.92 Å². The van der Waals surface area contributed by atoms with E-state index in [2.05, 4.69) is 5.32 Å². The lowest BCUT2D eigenvalue weighted by molar-refractivity contribution is -0.131. The quantitative estimate of drug-likeness (QED) is 0.659. The molecule has 0 aliphatic heterocycles. The molecule has 5 heteroatoms. The number of primary amides is 1. The highest BCUT2D eigenvalue weighted by molar-refractivity contribution is 5.91. The van der Waals surface area contributed by atoms with E-state index in [1.165, 1.54) is 13.8 Å². The molecule has 78 valence electrons. The summed E-state index contributed by atoms with van der Waals surface area (Å²) < 4.78 is 0. The average Bonchev–Trinajstić information content (AvgIpc) is 2.05. The Labute approximate surface area is 83.3 Å². The van der Waals surface area contributed by atoms with Gasteiger partial charge in [0.2, 0.25) is 11.8 Å². The summed E-state index contributed by atoms with van der Waals surface area (Å²) in [5.41, 5.74) is 3.96. The van der Waals surface area contributed by atoms with Crippen LogP contribution in [-0.4, -0.2) is 17.4 Å². The predicted molar refractivity (Wildman–Crippen MR) is 50.8 cm³/mol. The van der Waals surface area contributed by atoms with E-state index < -0.39 is 23.3 Å². The molecule has 0 aromatic rings.